The third-order valence-corrected chi connectivity index (χ3v) is 4.99. The van der Waals surface area contributed by atoms with Crippen LogP contribution in [0.2, 0.25) is 0 Å². The highest BCUT2D eigenvalue weighted by Gasteiger charge is 2.46. The van der Waals surface area contributed by atoms with E-state index < -0.39 is 0 Å². The molecular weight excluding hydrogens is 272 g/mol. The van der Waals surface area contributed by atoms with Crippen molar-refractivity contribution in [1.29, 1.82) is 0 Å². The Morgan fingerprint density at radius 1 is 1.24 bits per heavy atom. The maximum absolute atomic E-state index is 12.3. The van der Waals surface area contributed by atoms with Crippen LogP contribution < -0.4 is 0 Å². The zero-order valence-electron chi connectivity index (χ0n) is 12.7. The van der Waals surface area contributed by atoms with Gasteiger partial charge in [0.05, 0.1) is 24.7 Å². The maximum Gasteiger partial charge on any atom is 0.225 e. The predicted molar refractivity (Wildman–Crippen MR) is 75.4 cm³/mol. The summed E-state index contributed by atoms with van der Waals surface area (Å²) in [6.45, 7) is 1.38. The van der Waals surface area contributed by atoms with Crippen molar-refractivity contribution in [2.45, 2.75) is 44.0 Å². The Balaban J connectivity index is 1.48. The fourth-order valence-electron chi connectivity index (χ4n) is 3.60. The number of aliphatic hydroxyl groups is 1. The van der Waals surface area contributed by atoms with E-state index in [1.807, 2.05) is 4.90 Å². The van der Waals surface area contributed by atoms with Crippen LogP contribution >= 0.6 is 0 Å². The third kappa shape index (κ3) is 2.92. The van der Waals surface area contributed by atoms with Crippen LogP contribution in [0, 0.1) is 11.8 Å². The number of carbonyl (C=O) groups excluding carboxylic acids is 2. The van der Waals surface area contributed by atoms with E-state index in [0.29, 0.717) is 31.7 Å². The summed E-state index contributed by atoms with van der Waals surface area (Å²) in [5.74, 6) is 0.624. The van der Waals surface area contributed by atoms with Gasteiger partial charge in [0.1, 0.15) is 0 Å². The molecule has 2 aliphatic heterocycles. The molecule has 2 heterocycles. The molecule has 0 radical (unpaired) electrons. The Bertz CT molecular complexity index is 419. The standard InChI is InChI=1S/C15H24N2O4/c1-16(2)14(19)6-12-5-10-7-17(8-13(10)21-12)15(20)9-3-11(18)4-9/h9-13,18H,3-8H2,1-2H3/t9?,10-,11?,12+,13+/m0/s1. The van der Waals surface area contributed by atoms with E-state index in [0.717, 1.165) is 13.0 Å². The van der Waals surface area contributed by atoms with Crippen molar-refractivity contribution in [3.05, 3.63) is 0 Å². The van der Waals surface area contributed by atoms with Crippen molar-refractivity contribution in [2.75, 3.05) is 27.2 Å². The predicted octanol–water partition coefficient (Wildman–Crippen LogP) is -0.148. The molecule has 21 heavy (non-hydrogen) atoms. The van der Waals surface area contributed by atoms with E-state index in [2.05, 4.69) is 0 Å². The average Bonchev–Trinajstić information content (AvgIpc) is 2.91. The van der Waals surface area contributed by atoms with Gasteiger partial charge in [-0.15, -0.1) is 0 Å². The van der Waals surface area contributed by atoms with Gasteiger partial charge in [-0.05, 0) is 19.3 Å². The molecule has 1 N–H and O–H groups in total. The summed E-state index contributed by atoms with van der Waals surface area (Å²) >= 11 is 0. The first kappa shape index (κ1) is 14.8. The minimum Gasteiger partial charge on any atom is -0.393 e. The van der Waals surface area contributed by atoms with Crippen LogP contribution in [0.5, 0.6) is 0 Å². The molecular formula is C15H24N2O4. The SMILES string of the molecule is CN(C)C(=O)C[C@H]1C[C@H]2CN(C(=O)C3CC(O)C3)C[C@H]2O1. The third-order valence-electron chi connectivity index (χ3n) is 4.99. The van der Waals surface area contributed by atoms with Crippen molar-refractivity contribution in [3.8, 4) is 0 Å². The summed E-state index contributed by atoms with van der Waals surface area (Å²) in [4.78, 5) is 27.4. The number of rotatable bonds is 3. The van der Waals surface area contributed by atoms with Crippen molar-refractivity contribution in [2.24, 2.45) is 11.8 Å². The fraction of sp³-hybridized carbons (Fsp3) is 0.867. The van der Waals surface area contributed by atoms with E-state index in [1.165, 1.54) is 0 Å². The van der Waals surface area contributed by atoms with Gasteiger partial charge in [-0.1, -0.05) is 0 Å². The Labute approximate surface area is 125 Å². The first-order valence-electron chi connectivity index (χ1n) is 7.76. The van der Waals surface area contributed by atoms with Gasteiger partial charge in [0.25, 0.3) is 0 Å². The van der Waals surface area contributed by atoms with E-state index in [4.69, 9.17) is 4.74 Å². The van der Waals surface area contributed by atoms with Crippen LogP contribution in [0.15, 0.2) is 0 Å². The van der Waals surface area contributed by atoms with Gasteiger partial charge in [-0.25, -0.2) is 0 Å². The lowest BCUT2D eigenvalue weighted by Crippen LogP contribution is -2.43. The van der Waals surface area contributed by atoms with E-state index in [9.17, 15) is 14.7 Å². The number of ether oxygens (including phenoxy) is 1. The summed E-state index contributed by atoms with van der Waals surface area (Å²) in [7, 11) is 3.51. The lowest BCUT2D eigenvalue weighted by molar-refractivity contribution is -0.142. The molecule has 2 amide bonds. The fourth-order valence-corrected chi connectivity index (χ4v) is 3.60. The molecule has 118 valence electrons. The quantitative estimate of drug-likeness (QED) is 0.786. The molecule has 0 aromatic carbocycles. The second kappa shape index (κ2) is 5.57. The summed E-state index contributed by atoms with van der Waals surface area (Å²) < 4.78 is 5.95. The van der Waals surface area contributed by atoms with Gasteiger partial charge >= 0.3 is 0 Å². The lowest BCUT2D eigenvalue weighted by atomic mass is 9.81. The number of likely N-dealkylation sites (tertiary alicyclic amines) is 1. The maximum atomic E-state index is 12.3. The molecule has 0 unspecified atom stereocenters. The molecule has 0 spiro atoms. The Morgan fingerprint density at radius 2 is 1.95 bits per heavy atom. The van der Waals surface area contributed by atoms with Gasteiger partial charge in [-0.3, -0.25) is 9.59 Å². The monoisotopic (exact) mass is 296 g/mol. The summed E-state index contributed by atoms with van der Waals surface area (Å²) in [5.41, 5.74) is 0. The van der Waals surface area contributed by atoms with Gasteiger partial charge < -0.3 is 19.6 Å². The first-order chi connectivity index (χ1) is 9.94. The van der Waals surface area contributed by atoms with Crippen LogP contribution in [0.3, 0.4) is 0 Å². The molecule has 2 saturated heterocycles. The number of hydrogen-bond acceptors (Lipinski definition) is 4. The van der Waals surface area contributed by atoms with Crippen LogP contribution in [0.4, 0.5) is 0 Å². The normalized spacial score (nSPS) is 38.0. The molecule has 0 bridgehead atoms. The minimum atomic E-state index is -0.293. The molecule has 1 aliphatic carbocycles. The van der Waals surface area contributed by atoms with Gasteiger partial charge in [0, 0.05) is 39.0 Å². The first-order valence-corrected chi connectivity index (χ1v) is 7.76. The number of carbonyl (C=O) groups is 2. The van der Waals surface area contributed by atoms with Crippen molar-refractivity contribution < 1.29 is 19.4 Å². The topological polar surface area (TPSA) is 70.1 Å². The Kier molecular flexibility index (Phi) is 3.92. The lowest BCUT2D eigenvalue weighted by Gasteiger charge is -2.33. The van der Waals surface area contributed by atoms with E-state index in [-0.39, 0.29) is 36.0 Å². The summed E-state index contributed by atoms with van der Waals surface area (Å²) in [6, 6.07) is 0. The molecule has 6 heteroatoms. The number of hydrogen-bond donors (Lipinski definition) is 1. The molecule has 3 atom stereocenters. The smallest absolute Gasteiger partial charge is 0.225 e. The molecule has 3 aliphatic rings. The molecule has 1 saturated carbocycles. The highest BCUT2D eigenvalue weighted by atomic mass is 16.5. The zero-order valence-corrected chi connectivity index (χ0v) is 12.7. The number of fused-ring (bicyclic) bond motifs is 1. The highest BCUT2D eigenvalue weighted by molar-refractivity contribution is 5.80. The van der Waals surface area contributed by atoms with Crippen LogP contribution in [-0.2, 0) is 14.3 Å². The van der Waals surface area contributed by atoms with Gasteiger partial charge in [-0.2, -0.15) is 0 Å². The van der Waals surface area contributed by atoms with E-state index >= 15 is 0 Å². The van der Waals surface area contributed by atoms with Gasteiger partial charge in [0.15, 0.2) is 0 Å². The highest BCUT2D eigenvalue weighted by Crippen LogP contribution is 2.37. The van der Waals surface area contributed by atoms with Crippen LogP contribution in [0.1, 0.15) is 25.7 Å². The minimum absolute atomic E-state index is 0.00215. The van der Waals surface area contributed by atoms with Crippen molar-refractivity contribution in [1.82, 2.24) is 9.80 Å². The van der Waals surface area contributed by atoms with Crippen molar-refractivity contribution in [3.63, 3.8) is 0 Å². The molecule has 6 nitrogen and oxygen atoms in total. The Hall–Kier alpha value is -1.14. The van der Waals surface area contributed by atoms with Gasteiger partial charge in [0.2, 0.25) is 11.8 Å². The molecule has 3 fully saturated rings. The summed E-state index contributed by atoms with van der Waals surface area (Å²) in [5, 5.41) is 9.30. The van der Waals surface area contributed by atoms with E-state index in [1.54, 1.807) is 19.0 Å². The zero-order chi connectivity index (χ0) is 15.1. The summed E-state index contributed by atoms with van der Waals surface area (Å²) in [6.07, 6.45) is 2.29. The van der Waals surface area contributed by atoms with Crippen molar-refractivity contribution >= 4 is 11.8 Å². The van der Waals surface area contributed by atoms with Crippen LogP contribution in [0.25, 0.3) is 0 Å². The molecule has 3 rings (SSSR count). The largest absolute Gasteiger partial charge is 0.393 e. The second-order valence-corrected chi connectivity index (χ2v) is 6.85. The number of aliphatic hydroxyl groups excluding tert-OH is 1. The number of nitrogens with zero attached hydrogens (tertiary/aromatic N) is 2. The molecule has 0 aromatic rings. The average molecular weight is 296 g/mol. The Morgan fingerprint density at radius 3 is 2.52 bits per heavy atom. The molecule has 0 aromatic heterocycles. The number of amides is 2. The van der Waals surface area contributed by atoms with Crippen LogP contribution in [-0.4, -0.2) is 72.2 Å². The second-order valence-electron chi connectivity index (χ2n) is 6.85.